The number of aliphatic hydroxyl groups is 1. The van der Waals surface area contributed by atoms with Gasteiger partial charge in [-0.1, -0.05) is 23.2 Å². The Morgan fingerprint density at radius 3 is 2.48 bits per heavy atom. The molecule has 1 aromatic heterocycles. The molecule has 0 bridgehead atoms. The molecule has 1 aromatic carbocycles. The highest BCUT2D eigenvalue weighted by Gasteiger charge is 2.13. The van der Waals surface area contributed by atoms with Gasteiger partial charge in [0.25, 0.3) is 0 Å². The minimum absolute atomic E-state index is 0.0107. The molecule has 0 saturated carbocycles. The number of nitrogens with zero attached hydrogens (tertiary/aromatic N) is 1. The summed E-state index contributed by atoms with van der Waals surface area (Å²) in [5.74, 6) is -0.544. The molecule has 0 aliphatic heterocycles. The Morgan fingerprint density at radius 1 is 1.29 bits per heavy atom. The average molecular weight is 331 g/mol. The molecule has 112 valence electrons. The molecule has 4 nitrogen and oxygen atoms in total. The molecule has 21 heavy (non-hydrogen) atoms. The summed E-state index contributed by atoms with van der Waals surface area (Å²) in [5.41, 5.74) is 1.78. The molecule has 0 fully saturated rings. The second-order valence-corrected chi connectivity index (χ2v) is 5.27. The highest BCUT2D eigenvalue weighted by atomic mass is 35.5. The highest BCUT2D eigenvalue weighted by molar-refractivity contribution is 6.39. The van der Waals surface area contributed by atoms with Gasteiger partial charge in [0.2, 0.25) is 0 Å². The highest BCUT2D eigenvalue weighted by Crippen LogP contribution is 2.33. The van der Waals surface area contributed by atoms with Crippen LogP contribution >= 0.6 is 23.2 Å². The zero-order valence-electron chi connectivity index (χ0n) is 11.1. The molecule has 7 heteroatoms. The van der Waals surface area contributed by atoms with Crippen LogP contribution in [0.2, 0.25) is 10.0 Å². The third-order valence-electron chi connectivity index (χ3n) is 3.05. The maximum Gasteiger partial charge on any atom is 0.142 e. The summed E-state index contributed by atoms with van der Waals surface area (Å²) >= 11 is 11.9. The summed E-state index contributed by atoms with van der Waals surface area (Å²) in [6.45, 7) is 1.55. The van der Waals surface area contributed by atoms with Crippen molar-refractivity contribution < 1.29 is 14.6 Å². The molecule has 2 aromatic rings. The van der Waals surface area contributed by atoms with Crippen LogP contribution in [0.4, 0.5) is 10.1 Å². The molecule has 0 amide bonds. The Labute approximate surface area is 131 Å². The summed E-state index contributed by atoms with van der Waals surface area (Å²) in [4.78, 5) is 3.97. The maximum atomic E-state index is 13.1. The summed E-state index contributed by atoms with van der Waals surface area (Å²) in [5, 5.41) is 22.5. The van der Waals surface area contributed by atoms with E-state index in [0.717, 1.165) is 12.1 Å². The molecular formula is C14H13Cl2FN2O2. The number of halogens is 3. The number of nitrogens with one attached hydrogen (secondary N) is 1. The van der Waals surface area contributed by atoms with E-state index in [2.05, 4.69) is 10.3 Å². The Bertz CT molecular complexity index is 657. The van der Waals surface area contributed by atoms with Crippen LogP contribution in [0.3, 0.4) is 0 Å². The zero-order valence-corrected chi connectivity index (χ0v) is 12.6. The first-order valence-corrected chi connectivity index (χ1v) is 6.85. The fraction of sp³-hybridized carbons (Fsp3) is 0.214. The first-order valence-electron chi connectivity index (χ1n) is 6.09. The third-order valence-corrected chi connectivity index (χ3v) is 3.65. The topological polar surface area (TPSA) is 65.4 Å². The lowest BCUT2D eigenvalue weighted by Gasteiger charge is -2.15. The van der Waals surface area contributed by atoms with Crippen LogP contribution in [0, 0.1) is 12.7 Å². The number of hydrogen-bond acceptors (Lipinski definition) is 4. The molecule has 3 N–H and O–H groups in total. The van der Waals surface area contributed by atoms with Gasteiger partial charge in [0.15, 0.2) is 0 Å². The van der Waals surface area contributed by atoms with Crippen LogP contribution in [-0.4, -0.2) is 15.2 Å². The minimum Gasteiger partial charge on any atom is -0.506 e. The van der Waals surface area contributed by atoms with Crippen LogP contribution in [-0.2, 0) is 13.2 Å². The SMILES string of the molecule is Cc1ncc(CO)c(CNc2c(Cl)cc(F)cc2Cl)c1O. The van der Waals surface area contributed by atoms with E-state index in [1.54, 1.807) is 6.92 Å². The van der Waals surface area contributed by atoms with Crippen molar-refractivity contribution in [3.63, 3.8) is 0 Å². The van der Waals surface area contributed by atoms with Crippen molar-refractivity contribution in [3.05, 3.63) is 51.0 Å². The van der Waals surface area contributed by atoms with Gasteiger partial charge in [-0.05, 0) is 19.1 Å². The van der Waals surface area contributed by atoms with E-state index in [-0.39, 0.29) is 28.9 Å². The predicted molar refractivity (Wildman–Crippen MR) is 80.3 cm³/mol. The molecule has 0 spiro atoms. The molecule has 0 unspecified atom stereocenters. The predicted octanol–water partition coefficient (Wildman–Crippen LogP) is 3.65. The molecular weight excluding hydrogens is 318 g/mol. The lowest BCUT2D eigenvalue weighted by molar-refractivity contribution is 0.279. The molecule has 1 heterocycles. The van der Waals surface area contributed by atoms with Crippen LogP contribution in [0.25, 0.3) is 0 Å². The van der Waals surface area contributed by atoms with E-state index in [1.165, 1.54) is 6.20 Å². The van der Waals surface area contributed by atoms with Crippen molar-refractivity contribution in [1.29, 1.82) is 0 Å². The van der Waals surface area contributed by atoms with Crippen LogP contribution in [0.15, 0.2) is 18.3 Å². The molecule has 0 saturated heterocycles. The van der Waals surface area contributed by atoms with Crippen molar-refractivity contribution in [1.82, 2.24) is 4.98 Å². The van der Waals surface area contributed by atoms with Crippen LogP contribution in [0.1, 0.15) is 16.8 Å². The minimum atomic E-state index is -0.533. The first-order chi connectivity index (χ1) is 9.93. The van der Waals surface area contributed by atoms with Gasteiger partial charge in [0, 0.05) is 23.9 Å². The van der Waals surface area contributed by atoms with Gasteiger partial charge in [0.1, 0.15) is 11.6 Å². The van der Waals surface area contributed by atoms with Crippen molar-refractivity contribution in [3.8, 4) is 5.75 Å². The number of rotatable bonds is 4. The Hall–Kier alpha value is -1.56. The monoisotopic (exact) mass is 330 g/mol. The normalized spacial score (nSPS) is 10.7. The van der Waals surface area contributed by atoms with Gasteiger partial charge in [-0.2, -0.15) is 0 Å². The number of aromatic nitrogens is 1. The second-order valence-electron chi connectivity index (χ2n) is 4.45. The second kappa shape index (κ2) is 6.47. The molecule has 0 aliphatic rings. The van der Waals surface area contributed by atoms with Gasteiger partial charge in [0.05, 0.1) is 28.0 Å². The largest absolute Gasteiger partial charge is 0.506 e. The Morgan fingerprint density at radius 2 is 1.90 bits per heavy atom. The van der Waals surface area contributed by atoms with E-state index in [0.29, 0.717) is 22.5 Å². The molecule has 0 aliphatic carbocycles. The fourth-order valence-corrected chi connectivity index (χ4v) is 2.50. The van der Waals surface area contributed by atoms with Crippen LogP contribution in [0.5, 0.6) is 5.75 Å². The molecule has 0 atom stereocenters. The fourth-order valence-electron chi connectivity index (χ4n) is 1.91. The summed E-state index contributed by atoms with van der Waals surface area (Å²) in [6.07, 6.45) is 1.49. The van der Waals surface area contributed by atoms with E-state index in [4.69, 9.17) is 23.2 Å². The molecule has 0 radical (unpaired) electrons. The van der Waals surface area contributed by atoms with E-state index in [9.17, 15) is 14.6 Å². The number of aromatic hydroxyl groups is 1. The number of benzene rings is 1. The molecule has 2 rings (SSSR count). The van der Waals surface area contributed by atoms with Crippen molar-refractivity contribution in [2.45, 2.75) is 20.1 Å². The third kappa shape index (κ3) is 3.37. The lowest BCUT2D eigenvalue weighted by atomic mass is 10.1. The van der Waals surface area contributed by atoms with Gasteiger partial charge in [-0.25, -0.2) is 4.39 Å². The number of aliphatic hydroxyl groups excluding tert-OH is 1. The van der Waals surface area contributed by atoms with Crippen molar-refractivity contribution in [2.75, 3.05) is 5.32 Å². The number of aryl methyl sites for hydroxylation is 1. The average Bonchev–Trinajstić information content (AvgIpc) is 2.42. The zero-order chi connectivity index (χ0) is 15.6. The van der Waals surface area contributed by atoms with Gasteiger partial charge < -0.3 is 15.5 Å². The van der Waals surface area contributed by atoms with E-state index < -0.39 is 5.82 Å². The van der Waals surface area contributed by atoms with Gasteiger partial charge in [-0.3, -0.25) is 4.98 Å². The summed E-state index contributed by atoms with van der Waals surface area (Å²) < 4.78 is 13.1. The van der Waals surface area contributed by atoms with E-state index in [1.807, 2.05) is 0 Å². The van der Waals surface area contributed by atoms with Crippen molar-refractivity contribution in [2.24, 2.45) is 0 Å². The maximum absolute atomic E-state index is 13.1. The van der Waals surface area contributed by atoms with E-state index >= 15 is 0 Å². The number of pyridine rings is 1. The van der Waals surface area contributed by atoms with Crippen molar-refractivity contribution >= 4 is 28.9 Å². The summed E-state index contributed by atoms with van der Waals surface area (Å²) in [6, 6.07) is 2.28. The smallest absolute Gasteiger partial charge is 0.142 e. The van der Waals surface area contributed by atoms with Gasteiger partial charge >= 0.3 is 0 Å². The standard InChI is InChI=1S/C14H13Cl2FN2O2/c1-7-14(21)10(8(6-20)4-18-7)5-19-13-11(15)2-9(17)3-12(13)16/h2-4,19-21H,5-6H2,1H3. The number of hydrogen-bond donors (Lipinski definition) is 3. The quantitative estimate of drug-likeness (QED) is 0.800. The van der Waals surface area contributed by atoms with Crippen LogP contribution < -0.4 is 5.32 Å². The Kier molecular flexibility index (Phi) is 4.88. The Balaban J connectivity index is 2.31. The summed E-state index contributed by atoms with van der Waals surface area (Å²) in [7, 11) is 0. The lowest BCUT2D eigenvalue weighted by Crippen LogP contribution is -2.06. The first kappa shape index (κ1) is 15.8. The van der Waals surface area contributed by atoms with Gasteiger partial charge in [-0.15, -0.1) is 0 Å². The number of anilines is 1.